The molecule has 0 saturated carbocycles. The average Bonchev–Trinajstić information content (AvgIpc) is 2.89. The number of aliphatic carboxylic acids is 1. The van der Waals surface area contributed by atoms with Crippen LogP contribution in [0.15, 0.2) is 42.5 Å². The summed E-state index contributed by atoms with van der Waals surface area (Å²) in [6.07, 6.45) is 1.26. The van der Waals surface area contributed by atoms with Gasteiger partial charge in [0.2, 0.25) is 5.78 Å². The molecule has 22 heavy (non-hydrogen) atoms. The normalized spacial score (nSPS) is 12.6. The summed E-state index contributed by atoms with van der Waals surface area (Å²) in [6, 6.07) is 14.6. The van der Waals surface area contributed by atoms with Crippen molar-refractivity contribution in [2.24, 2.45) is 5.92 Å². The van der Waals surface area contributed by atoms with Crippen LogP contribution in [-0.4, -0.2) is 16.9 Å². The molecule has 0 amide bonds. The molecule has 3 rings (SSSR count). The second-order valence-electron chi connectivity index (χ2n) is 5.54. The second-order valence-corrected chi connectivity index (χ2v) is 6.62. The maximum absolute atomic E-state index is 11.4. The number of carbonyl (C=O) groups is 2. The van der Waals surface area contributed by atoms with Gasteiger partial charge in [-0.2, -0.15) is 0 Å². The first kappa shape index (κ1) is 14.7. The second kappa shape index (κ2) is 5.89. The van der Waals surface area contributed by atoms with Crippen molar-refractivity contribution in [3.8, 4) is 0 Å². The molecule has 1 atom stereocenters. The Bertz CT molecular complexity index is 863. The topological polar surface area (TPSA) is 54.4 Å². The summed E-state index contributed by atoms with van der Waals surface area (Å²) in [4.78, 5) is 22.1. The number of carbonyl (C=O) groups excluding carboxylic acids is 1. The van der Waals surface area contributed by atoms with E-state index in [-0.39, 0.29) is 0 Å². The third kappa shape index (κ3) is 2.74. The fourth-order valence-corrected chi connectivity index (χ4v) is 3.74. The van der Waals surface area contributed by atoms with Gasteiger partial charge in [-0.1, -0.05) is 31.2 Å². The van der Waals surface area contributed by atoms with E-state index in [0.717, 1.165) is 5.56 Å². The fraction of sp³-hybridized carbons (Fsp3) is 0.222. The first-order valence-corrected chi connectivity index (χ1v) is 8.05. The molecular weight excluding hydrogens is 296 g/mol. The van der Waals surface area contributed by atoms with Gasteiger partial charge in [-0.15, -0.1) is 11.3 Å². The molecule has 1 N–H and O–H groups in total. The Labute approximate surface area is 132 Å². The van der Waals surface area contributed by atoms with E-state index in [1.807, 2.05) is 12.1 Å². The highest BCUT2D eigenvalue weighted by molar-refractivity contribution is 7.25. The first-order valence-electron chi connectivity index (χ1n) is 7.23. The van der Waals surface area contributed by atoms with Crippen LogP contribution in [0.1, 0.15) is 18.9 Å². The summed E-state index contributed by atoms with van der Waals surface area (Å²) in [5.74, 6) is -2.50. The molecule has 3 nitrogen and oxygen atoms in total. The first-order chi connectivity index (χ1) is 10.6. The lowest BCUT2D eigenvalue weighted by molar-refractivity contribution is -0.150. The van der Waals surface area contributed by atoms with E-state index < -0.39 is 17.7 Å². The third-order valence-corrected chi connectivity index (χ3v) is 5.12. The maximum Gasteiger partial charge on any atom is 0.372 e. The van der Waals surface area contributed by atoms with Gasteiger partial charge in [-0.25, -0.2) is 4.79 Å². The quantitative estimate of drug-likeness (QED) is 0.716. The summed E-state index contributed by atoms with van der Waals surface area (Å²) < 4.78 is 2.52. The zero-order valence-corrected chi connectivity index (χ0v) is 13.0. The Morgan fingerprint density at radius 3 is 2.59 bits per heavy atom. The van der Waals surface area contributed by atoms with Crippen molar-refractivity contribution in [2.45, 2.75) is 19.8 Å². The molecule has 0 bridgehead atoms. The molecular formula is C18H16O3S. The number of ketones is 1. The summed E-state index contributed by atoms with van der Waals surface area (Å²) in [5, 5.41) is 11.2. The van der Waals surface area contributed by atoms with Gasteiger partial charge >= 0.3 is 5.97 Å². The number of hydrogen-bond donors (Lipinski definition) is 1. The van der Waals surface area contributed by atoms with Crippen molar-refractivity contribution in [2.75, 3.05) is 0 Å². The third-order valence-electron chi connectivity index (χ3n) is 3.97. The molecule has 2 aromatic carbocycles. The Balaban J connectivity index is 1.84. The van der Waals surface area contributed by atoms with E-state index in [2.05, 4.69) is 30.3 Å². The average molecular weight is 312 g/mol. The van der Waals surface area contributed by atoms with Crippen LogP contribution in [0.4, 0.5) is 0 Å². The number of rotatable bonds is 5. The summed E-state index contributed by atoms with van der Waals surface area (Å²) in [5.41, 5.74) is 1.14. The van der Waals surface area contributed by atoms with E-state index in [1.54, 1.807) is 18.3 Å². The van der Waals surface area contributed by atoms with Crippen molar-refractivity contribution in [3.05, 3.63) is 48.0 Å². The van der Waals surface area contributed by atoms with Crippen molar-refractivity contribution < 1.29 is 14.7 Å². The maximum atomic E-state index is 11.4. The lowest BCUT2D eigenvalue weighted by Crippen LogP contribution is -2.21. The Hall–Kier alpha value is -2.20. The fourth-order valence-electron chi connectivity index (χ4n) is 2.65. The van der Waals surface area contributed by atoms with Gasteiger partial charge in [0.15, 0.2) is 0 Å². The lowest BCUT2D eigenvalue weighted by atomic mass is 9.96. The number of fused-ring (bicyclic) bond motifs is 3. The molecule has 0 spiro atoms. The monoisotopic (exact) mass is 312 g/mol. The highest BCUT2D eigenvalue weighted by Crippen LogP contribution is 2.34. The SMILES string of the molecule is C[C@@H](CCc1ccc2sc3ccccc3c2c1)C(=O)C(=O)O. The molecule has 3 aromatic rings. The van der Waals surface area contributed by atoms with Gasteiger partial charge in [-0.3, -0.25) is 4.79 Å². The smallest absolute Gasteiger partial charge is 0.372 e. The number of carboxylic acids is 1. The van der Waals surface area contributed by atoms with Crippen molar-refractivity contribution >= 4 is 43.3 Å². The molecule has 0 fully saturated rings. The van der Waals surface area contributed by atoms with E-state index in [1.165, 1.54) is 20.2 Å². The molecule has 4 heteroatoms. The van der Waals surface area contributed by atoms with Crippen LogP contribution in [0.5, 0.6) is 0 Å². The number of hydrogen-bond acceptors (Lipinski definition) is 3. The van der Waals surface area contributed by atoms with Gasteiger partial charge in [0.1, 0.15) is 0 Å². The van der Waals surface area contributed by atoms with Gasteiger partial charge in [0.25, 0.3) is 0 Å². The number of benzene rings is 2. The predicted octanol–water partition coefficient (Wildman–Crippen LogP) is 4.28. The van der Waals surface area contributed by atoms with Gasteiger partial charge < -0.3 is 5.11 Å². The van der Waals surface area contributed by atoms with E-state index in [0.29, 0.717) is 12.8 Å². The van der Waals surface area contributed by atoms with Crippen LogP contribution in [0.3, 0.4) is 0 Å². The summed E-state index contributed by atoms with van der Waals surface area (Å²) >= 11 is 1.77. The number of carboxylic acid groups (broad SMARTS) is 1. The zero-order valence-electron chi connectivity index (χ0n) is 12.2. The van der Waals surface area contributed by atoms with E-state index >= 15 is 0 Å². The summed E-state index contributed by atoms with van der Waals surface area (Å²) in [6.45, 7) is 1.68. The minimum absolute atomic E-state index is 0.451. The number of thiophene rings is 1. The molecule has 112 valence electrons. The number of aryl methyl sites for hydroxylation is 1. The van der Waals surface area contributed by atoms with Gasteiger partial charge in [-0.05, 0) is 36.6 Å². The standard InChI is InChI=1S/C18H16O3S/c1-11(17(19)18(20)21)6-7-12-8-9-16-14(10-12)13-4-2-3-5-15(13)22-16/h2-5,8-11H,6-7H2,1H3,(H,20,21)/t11-/m0/s1. The van der Waals surface area contributed by atoms with Gasteiger partial charge in [0.05, 0.1) is 0 Å². The van der Waals surface area contributed by atoms with Crippen LogP contribution >= 0.6 is 11.3 Å². The predicted molar refractivity (Wildman–Crippen MR) is 89.5 cm³/mol. The molecule has 0 radical (unpaired) electrons. The molecule has 0 saturated heterocycles. The minimum Gasteiger partial charge on any atom is -0.475 e. The van der Waals surface area contributed by atoms with Crippen LogP contribution in [0.25, 0.3) is 20.2 Å². The Kier molecular flexibility index (Phi) is 3.94. The highest BCUT2D eigenvalue weighted by Gasteiger charge is 2.19. The van der Waals surface area contributed by atoms with Crippen LogP contribution < -0.4 is 0 Å². The molecule has 0 unspecified atom stereocenters. The minimum atomic E-state index is -1.34. The molecule has 0 aliphatic carbocycles. The van der Waals surface area contributed by atoms with Crippen molar-refractivity contribution in [1.29, 1.82) is 0 Å². The largest absolute Gasteiger partial charge is 0.475 e. The van der Waals surface area contributed by atoms with Crippen LogP contribution in [0.2, 0.25) is 0 Å². The van der Waals surface area contributed by atoms with E-state index in [9.17, 15) is 9.59 Å². The molecule has 0 aliphatic heterocycles. The lowest BCUT2D eigenvalue weighted by Gasteiger charge is -2.07. The van der Waals surface area contributed by atoms with Crippen molar-refractivity contribution in [3.63, 3.8) is 0 Å². The van der Waals surface area contributed by atoms with Crippen molar-refractivity contribution in [1.82, 2.24) is 0 Å². The van der Waals surface area contributed by atoms with Crippen LogP contribution in [-0.2, 0) is 16.0 Å². The van der Waals surface area contributed by atoms with Gasteiger partial charge in [0, 0.05) is 26.1 Å². The highest BCUT2D eigenvalue weighted by atomic mass is 32.1. The number of Topliss-reactive ketones (excluding diaryl/α,β-unsaturated/α-hetero) is 1. The summed E-state index contributed by atoms with van der Waals surface area (Å²) in [7, 11) is 0. The zero-order chi connectivity index (χ0) is 15.7. The van der Waals surface area contributed by atoms with Crippen LogP contribution in [0, 0.1) is 5.92 Å². The molecule has 1 aromatic heterocycles. The molecule has 1 heterocycles. The Morgan fingerprint density at radius 1 is 1.09 bits per heavy atom. The molecule has 0 aliphatic rings. The van der Waals surface area contributed by atoms with E-state index in [4.69, 9.17) is 5.11 Å². The Morgan fingerprint density at radius 2 is 1.82 bits per heavy atom.